The zero-order chi connectivity index (χ0) is 19.2. The minimum absolute atomic E-state index is 0.328. The third-order valence-corrected chi connectivity index (χ3v) is 6.04. The van der Waals surface area contributed by atoms with Crippen LogP contribution < -0.4 is 0 Å². The van der Waals surface area contributed by atoms with Crippen molar-refractivity contribution in [2.75, 3.05) is 26.2 Å². The number of piperazine rings is 1. The highest BCUT2D eigenvalue weighted by atomic mass is 16.5. The zero-order valence-corrected chi connectivity index (χ0v) is 16.6. The number of benzene rings is 1. The van der Waals surface area contributed by atoms with Gasteiger partial charge >= 0.3 is 0 Å². The van der Waals surface area contributed by atoms with E-state index >= 15 is 0 Å². The van der Waals surface area contributed by atoms with Crippen LogP contribution in [0.15, 0.2) is 34.9 Å². The van der Waals surface area contributed by atoms with Crippen LogP contribution in [0.2, 0.25) is 0 Å². The van der Waals surface area contributed by atoms with Crippen molar-refractivity contribution in [1.29, 1.82) is 0 Å². The molecule has 1 aromatic heterocycles. The molecule has 150 valence electrons. The van der Waals surface area contributed by atoms with Crippen LogP contribution in [0.25, 0.3) is 0 Å². The van der Waals surface area contributed by atoms with Crippen LogP contribution in [-0.4, -0.2) is 52.0 Å². The van der Waals surface area contributed by atoms with Crippen molar-refractivity contribution in [3.05, 3.63) is 47.6 Å². The normalized spacial score (nSPS) is 18.6. The first-order valence-electron chi connectivity index (χ1n) is 10.6. The van der Waals surface area contributed by atoms with Crippen LogP contribution in [-0.2, 0) is 17.8 Å². The minimum atomic E-state index is 0.328. The van der Waals surface area contributed by atoms with E-state index in [1.54, 1.807) is 0 Å². The minimum Gasteiger partial charge on any atom is -0.340 e. The van der Waals surface area contributed by atoms with E-state index in [4.69, 9.17) is 4.52 Å². The molecule has 0 atom stereocenters. The average molecular weight is 383 g/mol. The van der Waals surface area contributed by atoms with E-state index in [0.717, 1.165) is 50.8 Å². The van der Waals surface area contributed by atoms with Gasteiger partial charge in [0.1, 0.15) is 0 Å². The molecule has 0 radical (unpaired) electrons. The van der Waals surface area contributed by atoms with Gasteiger partial charge in [0.15, 0.2) is 5.82 Å². The standard InChI is InChI=1S/C22H30N4O2/c27-22(11-10-18-6-4-5-7-18)26-14-12-25(13-15-26)17-21-23-20(24-28-21)16-19-8-2-1-3-9-19/h1-3,8-9,18H,4-7,10-17H2. The van der Waals surface area contributed by atoms with Gasteiger partial charge < -0.3 is 9.42 Å². The second kappa shape index (κ2) is 9.32. The molecular formula is C22H30N4O2. The maximum Gasteiger partial charge on any atom is 0.240 e. The molecule has 0 spiro atoms. The second-order valence-corrected chi connectivity index (χ2v) is 8.11. The molecule has 28 heavy (non-hydrogen) atoms. The largest absolute Gasteiger partial charge is 0.340 e. The highest BCUT2D eigenvalue weighted by Gasteiger charge is 2.24. The molecule has 2 aromatic rings. The Hall–Kier alpha value is -2.21. The summed E-state index contributed by atoms with van der Waals surface area (Å²) in [5.74, 6) is 2.50. The fraction of sp³-hybridized carbons (Fsp3) is 0.591. The monoisotopic (exact) mass is 382 g/mol. The van der Waals surface area contributed by atoms with Gasteiger partial charge in [-0.05, 0) is 17.9 Å². The molecule has 0 unspecified atom stereocenters. The van der Waals surface area contributed by atoms with Crippen molar-refractivity contribution in [2.45, 2.75) is 51.5 Å². The summed E-state index contributed by atoms with van der Waals surface area (Å²) in [6, 6.07) is 10.2. The van der Waals surface area contributed by atoms with Crippen LogP contribution in [0.3, 0.4) is 0 Å². The van der Waals surface area contributed by atoms with E-state index < -0.39 is 0 Å². The van der Waals surface area contributed by atoms with Crippen molar-refractivity contribution in [1.82, 2.24) is 19.9 Å². The molecule has 2 fully saturated rings. The Morgan fingerprint density at radius 1 is 1.07 bits per heavy atom. The second-order valence-electron chi connectivity index (χ2n) is 8.11. The Morgan fingerprint density at radius 3 is 2.57 bits per heavy atom. The van der Waals surface area contributed by atoms with Crippen molar-refractivity contribution in [2.24, 2.45) is 5.92 Å². The number of aromatic nitrogens is 2. The van der Waals surface area contributed by atoms with Gasteiger partial charge in [0.2, 0.25) is 11.8 Å². The summed E-state index contributed by atoms with van der Waals surface area (Å²) >= 11 is 0. The molecule has 1 aliphatic carbocycles. The van der Waals surface area contributed by atoms with Gasteiger partial charge in [-0.25, -0.2) is 0 Å². The predicted molar refractivity (Wildman–Crippen MR) is 107 cm³/mol. The third kappa shape index (κ3) is 5.19. The molecule has 0 bridgehead atoms. The number of nitrogens with zero attached hydrogens (tertiary/aromatic N) is 4. The third-order valence-electron chi connectivity index (χ3n) is 6.04. The Bertz CT molecular complexity index is 747. The van der Waals surface area contributed by atoms with E-state index in [1.807, 2.05) is 23.1 Å². The Morgan fingerprint density at radius 2 is 1.82 bits per heavy atom. The molecule has 1 aliphatic heterocycles. The average Bonchev–Trinajstić information content (AvgIpc) is 3.40. The number of hydrogen-bond donors (Lipinski definition) is 0. The van der Waals surface area contributed by atoms with E-state index in [9.17, 15) is 4.79 Å². The lowest BCUT2D eigenvalue weighted by Crippen LogP contribution is -2.48. The van der Waals surface area contributed by atoms with Crippen molar-refractivity contribution >= 4 is 5.91 Å². The molecule has 1 saturated carbocycles. The number of rotatable bonds is 7. The Balaban J connectivity index is 1.19. The molecular weight excluding hydrogens is 352 g/mol. The van der Waals surface area contributed by atoms with E-state index in [1.165, 1.54) is 31.2 Å². The lowest BCUT2D eigenvalue weighted by atomic mass is 10.0. The zero-order valence-electron chi connectivity index (χ0n) is 16.6. The van der Waals surface area contributed by atoms with Crippen molar-refractivity contribution in [3.63, 3.8) is 0 Å². The fourth-order valence-corrected chi connectivity index (χ4v) is 4.34. The summed E-state index contributed by atoms with van der Waals surface area (Å²) in [5.41, 5.74) is 1.18. The SMILES string of the molecule is O=C(CCC1CCCC1)N1CCN(Cc2nc(Cc3ccccc3)no2)CC1. The molecule has 2 heterocycles. The Kier molecular flexibility index (Phi) is 6.37. The van der Waals surface area contributed by atoms with Gasteiger partial charge in [-0.3, -0.25) is 9.69 Å². The van der Waals surface area contributed by atoms with Gasteiger partial charge in [-0.1, -0.05) is 61.2 Å². The summed E-state index contributed by atoms with van der Waals surface area (Å²) in [6.07, 6.45) is 7.81. The highest BCUT2D eigenvalue weighted by Crippen LogP contribution is 2.28. The molecule has 6 heteroatoms. The molecule has 4 rings (SSSR count). The van der Waals surface area contributed by atoms with Gasteiger partial charge in [0.05, 0.1) is 6.54 Å². The number of carbonyl (C=O) groups is 1. The van der Waals surface area contributed by atoms with Crippen LogP contribution in [0.1, 0.15) is 55.8 Å². The molecule has 0 N–H and O–H groups in total. The molecule has 2 aliphatic rings. The molecule has 1 amide bonds. The van der Waals surface area contributed by atoms with E-state index in [-0.39, 0.29) is 0 Å². The maximum atomic E-state index is 12.5. The summed E-state index contributed by atoms with van der Waals surface area (Å²) in [4.78, 5) is 21.3. The first-order valence-corrected chi connectivity index (χ1v) is 10.6. The summed E-state index contributed by atoms with van der Waals surface area (Å²) in [6.45, 7) is 3.99. The van der Waals surface area contributed by atoms with Gasteiger partial charge in [-0.15, -0.1) is 0 Å². The fourth-order valence-electron chi connectivity index (χ4n) is 4.34. The first kappa shape index (κ1) is 19.1. The lowest BCUT2D eigenvalue weighted by molar-refractivity contribution is -0.133. The molecule has 1 saturated heterocycles. The topological polar surface area (TPSA) is 62.5 Å². The van der Waals surface area contributed by atoms with E-state index in [0.29, 0.717) is 24.8 Å². The van der Waals surface area contributed by atoms with Crippen LogP contribution in [0.4, 0.5) is 0 Å². The predicted octanol–water partition coefficient (Wildman–Crippen LogP) is 3.28. The first-order chi connectivity index (χ1) is 13.8. The maximum absolute atomic E-state index is 12.5. The van der Waals surface area contributed by atoms with Crippen LogP contribution in [0.5, 0.6) is 0 Å². The smallest absolute Gasteiger partial charge is 0.240 e. The summed E-state index contributed by atoms with van der Waals surface area (Å²) < 4.78 is 5.43. The summed E-state index contributed by atoms with van der Waals surface area (Å²) in [7, 11) is 0. The van der Waals surface area contributed by atoms with Crippen LogP contribution in [0, 0.1) is 5.92 Å². The van der Waals surface area contributed by atoms with Gasteiger partial charge in [-0.2, -0.15) is 4.98 Å². The van der Waals surface area contributed by atoms with Crippen LogP contribution >= 0.6 is 0 Å². The van der Waals surface area contributed by atoms with E-state index in [2.05, 4.69) is 27.2 Å². The van der Waals surface area contributed by atoms with Gasteiger partial charge in [0.25, 0.3) is 0 Å². The number of carbonyl (C=O) groups excluding carboxylic acids is 1. The van der Waals surface area contributed by atoms with Crippen molar-refractivity contribution < 1.29 is 9.32 Å². The molecule has 6 nitrogen and oxygen atoms in total. The quantitative estimate of drug-likeness (QED) is 0.735. The lowest BCUT2D eigenvalue weighted by Gasteiger charge is -2.34. The van der Waals surface area contributed by atoms with Crippen molar-refractivity contribution in [3.8, 4) is 0 Å². The Labute approximate surface area is 166 Å². The summed E-state index contributed by atoms with van der Waals surface area (Å²) in [5, 5.41) is 4.10. The van der Waals surface area contributed by atoms with Gasteiger partial charge in [0, 0.05) is 39.0 Å². The number of hydrogen-bond acceptors (Lipinski definition) is 5. The highest BCUT2D eigenvalue weighted by molar-refractivity contribution is 5.76. The molecule has 1 aromatic carbocycles. The number of amides is 1.